The quantitative estimate of drug-likeness (QED) is 0.611. The van der Waals surface area contributed by atoms with Gasteiger partial charge in [0.25, 0.3) is 5.69 Å². The van der Waals surface area contributed by atoms with E-state index in [1.807, 2.05) is 20.8 Å². The first-order chi connectivity index (χ1) is 8.04. The highest BCUT2D eigenvalue weighted by Gasteiger charge is 2.15. The third kappa shape index (κ3) is 3.94. The fraction of sp³-hybridized carbons (Fsp3) is 0.500. The topological polar surface area (TPSA) is 64.4 Å². The Morgan fingerprint density at radius 1 is 1.47 bits per heavy atom. The van der Waals surface area contributed by atoms with Crippen LogP contribution in [0, 0.1) is 16.0 Å². The number of hydrogen-bond acceptors (Lipinski definition) is 4. The number of nitrogens with one attached hydrogen (secondary N) is 1. The minimum atomic E-state index is -0.398. The van der Waals surface area contributed by atoms with Gasteiger partial charge in [-0.05, 0) is 25.0 Å². The van der Waals surface area contributed by atoms with Gasteiger partial charge in [0.1, 0.15) is 11.4 Å². The molecule has 17 heavy (non-hydrogen) atoms. The Hall–Kier alpha value is -1.78. The van der Waals surface area contributed by atoms with Crippen molar-refractivity contribution in [2.24, 2.45) is 5.92 Å². The molecule has 5 heteroatoms. The Balaban J connectivity index is 2.92. The summed E-state index contributed by atoms with van der Waals surface area (Å²) in [6.45, 7) is 7.14. The summed E-state index contributed by atoms with van der Waals surface area (Å²) in [7, 11) is 0. The molecule has 0 amide bonds. The van der Waals surface area contributed by atoms with E-state index in [1.54, 1.807) is 12.1 Å². The van der Waals surface area contributed by atoms with Crippen LogP contribution in [0.3, 0.4) is 0 Å². The van der Waals surface area contributed by atoms with Gasteiger partial charge < -0.3 is 10.1 Å². The summed E-state index contributed by atoms with van der Waals surface area (Å²) in [5.74, 6) is 0.954. The van der Waals surface area contributed by atoms with Crippen LogP contribution in [0.4, 0.5) is 11.4 Å². The van der Waals surface area contributed by atoms with Gasteiger partial charge >= 0.3 is 0 Å². The largest absolute Gasteiger partial charge is 0.494 e. The Morgan fingerprint density at radius 2 is 2.18 bits per heavy atom. The van der Waals surface area contributed by atoms with Crippen molar-refractivity contribution in [3.8, 4) is 5.75 Å². The molecular formula is C12H18N2O3. The molecule has 0 bridgehead atoms. The molecule has 0 aromatic heterocycles. The molecule has 94 valence electrons. The van der Waals surface area contributed by atoms with Crippen LogP contribution < -0.4 is 10.1 Å². The van der Waals surface area contributed by atoms with E-state index >= 15 is 0 Å². The SMILES string of the molecule is CCOc1ccc(NCC(C)C)c([N+](=O)[O-])c1. The van der Waals surface area contributed by atoms with Crippen molar-refractivity contribution in [3.63, 3.8) is 0 Å². The zero-order chi connectivity index (χ0) is 12.8. The van der Waals surface area contributed by atoms with Crippen molar-refractivity contribution in [2.45, 2.75) is 20.8 Å². The van der Waals surface area contributed by atoms with Crippen LogP contribution in [0.1, 0.15) is 20.8 Å². The lowest BCUT2D eigenvalue weighted by molar-refractivity contribution is -0.384. The van der Waals surface area contributed by atoms with E-state index in [2.05, 4.69) is 5.32 Å². The van der Waals surface area contributed by atoms with E-state index in [9.17, 15) is 10.1 Å². The van der Waals surface area contributed by atoms with Gasteiger partial charge in [0.05, 0.1) is 17.6 Å². The van der Waals surface area contributed by atoms with Crippen molar-refractivity contribution in [3.05, 3.63) is 28.3 Å². The maximum Gasteiger partial charge on any atom is 0.296 e. The maximum atomic E-state index is 10.9. The Kier molecular flexibility index (Phi) is 4.75. The summed E-state index contributed by atoms with van der Waals surface area (Å²) in [5, 5.41) is 14.0. The summed E-state index contributed by atoms with van der Waals surface area (Å²) < 4.78 is 5.25. The molecule has 0 saturated heterocycles. The van der Waals surface area contributed by atoms with Gasteiger partial charge in [0, 0.05) is 6.54 Å². The molecule has 1 rings (SSSR count). The van der Waals surface area contributed by atoms with Crippen molar-refractivity contribution in [2.75, 3.05) is 18.5 Å². The molecule has 0 spiro atoms. The molecule has 0 atom stereocenters. The van der Waals surface area contributed by atoms with Gasteiger partial charge in [-0.2, -0.15) is 0 Å². The Morgan fingerprint density at radius 3 is 2.71 bits per heavy atom. The van der Waals surface area contributed by atoms with Crippen LogP contribution in [0.25, 0.3) is 0 Å². The molecule has 1 N–H and O–H groups in total. The minimum absolute atomic E-state index is 0.0524. The van der Waals surface area contributed by atoms with Crippen LogP contribution in [0.15, 0.2) is 18.2 Å². The number of anilines is 1. The second-order valence-corrected chi connectivity index (χ2v) is 4.14. The third-order valence-corrected chi connectivity index (χ3v) is 2.18. The third-order valence-electron chi connectivity index (χ3n) is 2.18. The van der Waals surface area contributed by atoms with E-state index in [4.69, 9.17) is 4.74 Å². The van der Waals surface area contributed by atoms with Crippen LogP contribution in [-0.4, -0.2) is 18.1 Å². The molecule has 0 saturated carbocycles. The normalized spacial score (nSPS) is 10.4. The number of benzene rings is 1. The van der Waals surface area contributed by atoms with E-state index in [0.29, 0.717) is 30.5 Å². The maximum absolute atomic E-state index is 10.9. The average Bonchev–Trinajstić information content (AvgIpc) is 2.27. The van der Waals surface area contributed by atoms with Crippen molar-refractivity contribution in [1.29, 1.82) is 0 Å². The highest BCUT2D eigenvalue weighted by molar-refractivity contribution is 5.63. The lowest BCUT2D eigenvalue weighted by Gasteiger charge is -2.10. The molecule has 1 aromatic carbocycles. The number of nitro benzene ring substituents is 1. The predicted molar refractivity (Wildman–Crippen MR) is 67.6 cm³/mol. The molecule has 0 aliphatic rings. The zero-order valence-corrected chi connectivity index (χ0v) is 10.4. The highest BCUT2D eigenvalue weighted by atomic mass is 16.6. The van der Waals surface area contributed by atoms with Gasteiger partial charge in [0.15, 0.2) is 0 Å². The monoisotopic (exact) mass is 238 g/mol. The summed E-state index contributed by atoms with van der Waals surface area (Å²) in [4.78, 5) is 10.5. The summed E-state index contributed by atoms with van der Waals surface area (Å²) in [5.41, 5.74) is 0.587. The van der Waals surface area contributed by atoms with Crippen molar-refractivity contribution < 1.29 is 9.66 Å². The zero-order valence-electron chi connectivity index (χ0n) is 10.4. The first-order valence-electron chi connectivity index (χ1n) is 5.69. The standard InChI is InChI=1S/C12H18N2O3/c1-4-17-10-5-6-11(13-8-9(2)3)12(7-10)14(15)16/h5-7,9,13H,4,8H2,1-3H3. The first-order valence-corrected chi connectivity index (χ1v) is 5.69. The van der Waals surface area contributed by atoms with Gasteiger partial charge in [-0.15, -0.1) is 0 Å². The Bertz CT molecular complexity index is 391. The van der Waals surface area contributed by atoms with Crippen LogP contribution >= 0.6 is 0 Å². The fourth-order valence-corrected chi connectivity index (χ4v) is 1.38. The summed E-state index contributed by atoms with van der Waals surface area (Å²) in [6.07, 6.45) is 0. The molecule has 0 heterocycles. The van der Waals surface area contributed by atoms with Gasteiger partial charge in [-0.1, -0.05) is 13.8 Å². The molecule has 0 radical (unpaired) electrons. The lowest BCUT2D eigenvalue weighted by atomic mass is 10.2. The molecular weight excluding hydrogens is 220 g/mol. The van der Waals surface area contributed by atoms with Gasteiger partial charge in [0.2, 0.25) is 0 Å². The number of nitrogens with zero attached hydrogens (tertiary/aromatic N) is 1. The molecule has 1 aromatic rings. The molecule has 0 unspecified atom stereocenters. The smallest absolute Gasteiger partial charge is 0.296 e. The summed E-state index contributed by atoms with van der Waals surface area (Å²) >= 11 is 0. The Labute approximate surface area is 101 Å². The number of rotatable bonds is 6. The van der Waals surface area contributed by atoms with Crippen LogP contribution in [0.5, 0.6) is 5.75 Å². The predicted octanol–water partition coefficient (Wildman–Crippen LogP) is 3.06. The number of hydrogen-bond donors (Lipinski definition) is 1. The van der Waals surface area contributed by atoms with Gasteiger partial charge in [-0.3, -0.25) is 10.1 Å². The summed E-state index contributed by atoms with van der Waals surface area (Å²) in [6, 6.07) is 4.87. The lowest BCUT2D eigenvalue weighted by Crippen LogP contribution is -2.09. The van der Waals surface area contributed by atoms with E-state index in [1.165, 1.54) is 6.07 Å². The van der Waals surface area contributed by atoms with Gasteiger partial charge in [-0.25, -0.2) is 0 Å². The number of ether oxygens (including phenoxy) is 1. The number of nitro groups is 1. The average molecular weight is 238 g/mol. The van der Waals surface area contributed by atoms with Crippen LogP contribution in [-0.2, 0) is 0 Å². The highest BCUT2D eigenvalue weighted by Crippen LogP contribution is 2.29. The second kappa shape index (κ2) is 6.08. The molecule has 0 aliphatic heterocycles. The minimum Gasteiger partial charge on any atom is -0.494 e. The first kappa shape index (κ1) is 13.3. The van der Waals surface area contributed by atoms with Crippen molar-refractivity contribution in [1.82, 2.24) is 0 Å². The second-order valence-electron chi connectivity index (χ2n) is 4.14. The van der Waals surface area contributed by atoms with E-state index < -0.39 is 4.92 Å². The molecule has 0 fully saturated rings. The molecule has 0 aliphatic carbocycles. The molecule has 5 nitrogen and oxygen atoms in total. The fourth-order valence-electron chi connectivity index (χ4n) is 1.38. The van der Waals surface area contributed by atoms with Crippen molar-refractivity contribution >= 4 is 11.4 Å². The van der Waals surface area contributed by atoms with E-state index in [0.717, 1.165) is 0 Å². The van der Waals surface area contributed by atoms with Crippen LogP contribution in [0.2, 0.25) is 0 Å². The van der Waals surface area contributed by atoms with E-state index in [-0.39, 0.29) is 5.69 Å².